The second-order valence-corrected chi connectivity index (χ2v) is 15.7. The number of hydrogen-bond donors (Lipinski definition) is 0. The van der Waals surface area contributed by atoms with E-state index in [2.05, 4.69) is 254 Å². The fourth-order valence-electron chi connectivity index (χ4n) is 9.14. The molecule has 0 saturated heterocycles. The van der Waals surface area contributed by atoms with Crippen molar-refractivity contribution in [3.8, 4) is 55.6 Å². The topological polar surface area (TPSA) is 3.24 Å². The molecule has 0 aliphatic carbocycles. The summed E-state index contributed by atoms with van der Waals surface area (Å²) in [5.41, 5.74) is 15.4. The molecule has 0 aliphatic rings. The van der Waals surface area contributed by atoms with Crippen LogP contribution in [0.2, 0.25) is 0 Å². The summed E-state index contributed by atoms with van der Waals surface area (Å²) in [4.78, 5) is 2.42. The third-order valence-electron chi connectivity index (χ3n) is 12.1. The molecule has 11 aromatic rings. The fourth-order valence-corrected chi connectivity index (χ4v) is 9.14. The number of nitrogens with zero attached hydrogens (tertiary/aromatic N) is 1. The van der Waals surface area contributed by atoms with E-state index >= 15 is 0 Å². The van der Waals surface area contributed by atoms with E-state index in [-0.39, 0.29) is 0 Å². The van der Waals surface area contributed by atoms with E-state index in [9.17, 15) is 0 Å². The number of rotatable bonds is 8. The zero-order chi connectivity index (χ0) is 40.5. The van der Waals surface area contributed by atoms with Crippen LogP contribution in [-0.2, 0) is 0 Å². The van der Waals surface area contributed by atoms with Gasteiger partial charge in [0.2, 0.25) is 0 Å². The van der Waals surface area contributed by atoms with Crippen LogP contribution in [0.25, 0.3) is 88.0 Å². The van der Waals surface area contributed by atoms with Crippen molar-refractivity contribution in [1.82, 2.24) is 0 Å². The van der Waals surface area contributed by atoms with Crippen molar-refractivity contribution in [2.75, 3.05) is 4.90 Å². The Labute approximate surface area is 357 Å². The molecule has 0 atom stereocenters. The van der Waals surface area contributed by atoms with Crippen molar-refractivity contribution in [3.63, 3.8) is 0 Å². The summed E-state index contributed by atoms with van der Waals surface area (Å²) < 4.78 is 0. The van der Waals surface area contributed by atoms with Crippen molar-refractivity contribution in [2.45, 2.75) is 0 Å². The maximum atomic E-state index is 2.42. The monoisotopic (exact) mass is 775 g/mol. The summed E-state index contributed by atoms with van der Waals surface area (Å²) in [6, 6.07) is 90.4. The molecule has 0 unspecified atom stereocenters. The van der Waals surface area contributed by atoms with Crippen LogP contribution in [-0.4, -0.2) is 0 Å². The molecule has 1 heteroatoms. The summed E-state index contributed by atoms with van der Waals surface area (Å²) >= 11 is 0. The largest absolute Gasteiger partial charge is 0.310 e. The number of anilines is 3. The minimum atomic E-state index is 1.09. The van der Waals surface area contributed by atoms with E-state index < -0.39 is 0 Å². The summed E-state index contributed by atoms with van der Waals surface area (Å²) in [5, 5.41) is 7.41. The van der Waals surface area contributed by atoms with Gasteiger partial charge >= 0.3 is 0 Å². The molecule has 0 aliphatic heterocycles. The van der Waals surface area contributed by atoms with Gasteiger partial charge in [0.05, 0.1) is 5.69 Å². The van der Waals surface area contributed by atoms with Gasteiger partial charge in [0, 0.05) is 16.8 Å². The van der Waals surface area contributed by atoms with Gasteiger partial charge in [-0.25, -0.2) is 0 Å². The lowest BCUT2D eigenvalue weighted by Gasteiger charge is -2.28. The molecule has 0 radical (unpaired) electrons. The Morgan fingerprint density at radius 2 is 0.656 bits per heavy atom. The highest BCUT2D eigenvalue weighted by molar-refractivity contribution is 6.11. The van der Waals surface area contributed by atoms with Crippen molar-refractivity contribution in [3.05, 3.63) is 249 Å². The van der Waals surface area contributed by atoms with Crippen LogP contribution >= 0.6 is 0 Å². The van der Waals surface area contributed by atoms with Crippen molar-refractivity contribution in [1.29, 1.82) is 0 Å². The van der Waals surface area contributed by atoms with E-state index in [1.54, 1.807) is 0 Å². The molecule has 0 spiro atoms. The first kappa shape index (κ1) is 36.1. The standard InChI is InChI=1S/C60H41N/c1-3-15-42(16-4-1)48-23-11-24-49(41-48)43-31-35-50(36-32-43)61(59-40-39-57(56-26-9-10-27-58(56)59)55-30-12-20-44-19-7-8-25-52(44)55)51-37-33-46(34-38-51)54-29-14-22-47-21-13-28-53(60(47)54)45-17-5-2-6-18-45/h1-41H. The van der Waals surface area contributed by atoms with Crippen LogP contribution in [0, 0.1) is 0 Å². The zero-order valence-corrected chi connectivity index (χ0v) is 33.6. The lowest BCUT2D eigenvalue weighted by atomic mass is 9.91. The van der Waals surface area contributed by atoms with Gasteiger partial charge in [0.25, 0.3) is 0 Å². The molecular weight excluding hydrogens is 735 g/mol. The van der Waals surface area contributed by atoms with Crippen LogP contribution in [0.1, 0.15) is 0 Å². The molecule has 11 rings (SSSR count). The molecule has 61 heavy (non-hydrogen) atoms. The first-order chi connectivity index (χ1) is 30.3. The van der Waals surface area contributed by atoms with Gasteiger partial charge in [-0.2, -0.15) is 0 Å². The molecule has 0 amide bonds. The number of benzene rings is 11. The third-order valence-corrected chi connectivity index (χ3v) is 12.1. The number of hydrogen-bond acceptors (Lipinski definition) is 1. The Hall–Kier alpha value is -8.00. The Morgan fingerprint density at radius 3 is 1.31 bits per heavy atom. The van der Waals surface area contributed by atoms with Gasteiger partial charge in [-0.1, -0.05) is 212 Å². The van der Waals surface area contributed by atoms with Gasteiger partial charge in [-0.3, -0.25) is 0 Å². The van der Waals surface area contributed by atoms with Gasteiger partial charge in [-0.15, -0.1) is 0 Å². The second kappa shape index (κ2) is 15.6. The van der Waals surface area contributed by atoms with Gasteiger partial charge in [0.15, 0.2) is 0 Å². The predicted molar refractivity (Wildman–Crippen MR) is 261 cm³/mol. The van der Waals surface area contributed by atoms with E-state index in [1.165, 1.54) is 88.0 Å². The maximum absolute atomic E-state index is 2.42. The highest BCUT2D eigenvalue weighted by Gasteiger charge is 2.19. The summed E-state index contributed by atoms with van der Waals surface area (Å²) in [6.07, 6.45) is 0. The molecule has 0 N–H and O–H groups in total. The highest BCUT2D eigenvalue weighted by atomic mass is 15.1. The molecule has 11 aromatic carbocycles. The van der Waals surface area contributed by atoms with E-state index in [0.717, 1.165) is 17.1 Å². The molecule has 0 fully saturated rings. The molecule has 0 aromatic heterocycles. The van der Waals surface area contributed by atoms with Crippen LogP contribution in [0.4, 0.5) is 17.1 Å². The molecule has 0 saturated carbocycles. The second-order valence-electron chi connectivity index (χ2n) is 15.7. The summed E-state index contributed by atoms with van der Waals surface area (Å²) in [7, 11) is 0. The van der Waals surface area contributed by atoms with Crippen molar-refractivity contribution >= 4 is 49.4 Å². The molecule has 0 bridgehead atoms. The Bertz CT molecular complexity index is 3320. The molecule has 1 nitrogen and oxygen atoms in total. The maximum Gasteiger partial charge on any atom is 0.0540 e. The first-order valence-electron chi connectivity index (χ1n) is 21.0. The van der Waals surface area contributed by atoms with Gasteiger partial charge in [0.1, 0.15) is 0 Å². The fraction of sp³-hybridized carbons (Fsp3) is 0. The van der Waals surface area contributed by atoms with E-state index in [4.69, 9.17) is 0 Å². The Balaban J connectivity index is 1.05. The van der Waals surface area contributed by atoms with E-state index in [0.29, 0.717) is 0 Å². The smallest absolute Gasteiger partial charge is 0.0540 e. The molecular formula is C60H41N. The van der Waals surface area contributed by atoms with Crippen LogP contribution < -0.4 is 4.90 Å². The Kier molecular flexibility index (Phi) is 9.26. The lowest BCUT2D eigenvalue weighted by Crippen LogP contribution is -2.10. The average Bonchev–Trinajstić information content (AvgIpc) is 3.34. The first-order valence-corrected chi connectivity index (χ1v) is 21.0. The minimum Gasteiger partial charge on any atom is -0.310 e. The normalized spacial score (nSPS) is 11.3. The van der Waals surface area contributed by atoms with Gasteiger partial charge < -0.3 is 4.90 Å². The third kappa shape index (κ3) is 6.73. The van der Waals surface area contributed by atoms with E-state index in [1.807, 2.05) is 0 Å². The summed E-state index contributed by atoms with van der Waals surface area (Å²) in [5.74, 6) is 0. The Morgan fingerprint density at radius 1 is 0.230 bits per heavy atom. The lowest BCUT2D eigenvalue weighted by molar-refractivity contribution is 1.30. The number of fused-ring (bicyclic) bond motifs is 3. The average molecular weight is 776 g/mol. The van der Waals surface area contributed by atoms with Crippen LogP contribution in [0.3, 0.4) is 0 Å². The van der Waals surface area contributed by atoms with Crippen molar-refractivity contribution < 1.29 is 0 Å². The molecule has 286 valence electrons. The molecule has 0 heterocycles. The van der Waals surface area contributed by atoms with Crippen LogP contribution in [0.5, 0.6) is 0 Å². The minimum absolute atomic E-state index is 1.09. The van der Waals surface area contributed by atoms with Gasteiger partial charge in [-0.05, 0) is 119 Å². The predicted octanol–water partition coefficient (Wildman–Crippen LogP) is 17.0. The van der Waals surface area contributed by atoms with Crippen LogP contribution in [0.15, 0.2) is 249 Å². The quantitative estimate of drug-likeness (QED) is 0.149. The highest BCUT2D eigenvalue weighted by Crippen LogP contribution is 2.45. The zero-order valence-electron chi connectivity index (χ0n) is 33.6. The SMILES string of the molecule is c1ccc(-c2cccc(-c3ccc(N(c4ccc(-c5cccc6cccc(-c7ccccc7)c56)cc4)c4ccc(-c5cccc6ccccc56)c5ccccc45)cc3)c2)cc1. The van der Waals surface area contributed by atoms with Crippen molar-refractivity contribution in [2.24, 2.45) is 0 Å². The summed E-state index contributed by atoms with van der Waals surface area (Å²) in [6.45, 7) is 0.